The second kappa shape index (κ2) is 7.30. The maximum Gasteiger partial charge on any atom is 0.272 e. The molecule has 0 aliphatic carbocycles. The lowest BCUT2D eigenvalue weighted by atomic mass is 10.2. The van der Waals surface area contributed by atoms with Crippen LogP contribution >= 0.6 is 11.8 Å². The number of carbonyl (C=O) groups excluding carboxylic acids is 1. The van der Waals surface area contributed by atoms with E-state index in [9.17, 15) is 4.79 Å². The molecule has 6 nitrogen and oxygen atoms in total. The topological polar surface area (TPSA) is 92.9 Å². The summed E-state index contributed by atoms with van der Waals surface area (Å²) in [6.07, 6.45) is 3.54. The van der Waals surface area contributed by atoms with Gasteiger partial charge in [-0.25, -0.2) is 9.97 Å². The fourth-order valence-corrected chi connectivity index (χ4v) is 1.61. The molecule has 0 radical (unpaired) electrons. The van der Waals surface area contributed by atoms with E-state index >= 15 is 0 Å². The van der Waals surface area contributed by atoms with Crippen molar-refractivity contribution in [2.24, 2.45) is 5.84 Å². The van der Waals surface area contributed by atoms with Gasteiger partial charge in [0.25, 0.3) is 5.91 Å². The highest BCUT2D eigenvalue weighted by Gasteiger charge is 2.16. The van der Waals surface area contributed by atoms with Gasteiger partial charge in [0.1, 0.15) is 5.82 Å². The minimum atomic E-state index is -0.238. The second-order valence-corrected chi connectivity index (χ2v) is 5.82. The Morgan fingerprint density at radius 3 is 2.68 bits per heavy atom. The number of hydrazine groups is 1. The molecule has 0 bridgehead atoms. The van der Waals surface area contributed by atoms with Crippen LogP contribution in [-0.2, 0) is 0 Å². The van der Waals surface area contributed by atoms with Crippen molar-refractivity contribution in [2.45, 2.75) is 31.9 Å². The molecular weight excluding hydrogens is 262 g/mol. The number of rotatable bonds is 6. The number of nitrogens with zero attached hydrogens (tertiary/aromatic N) is 2. The highest BCUT2D eigenvalue weighted by atomic mass is 32.2. The number of hydrogen-bond donors (Lipinski definition) is 3. The summed E-state index contributed by atoms with van der Waals surface area (Å²) in [6, 6.07) is 0. The lowest BCUT2D eigenvalue weighted by Crippen LogP contribution is -2.31. The molecule has 1 heterocycles. The van der Waals surface area contributed by atoms with Gasteiger partial charge in [0.2, 0.25) is 0 Å². The molecule has 106 valence electrons. The Balaban J connectivity index is 2.90. The van der Waals surface area contributed by atoms with Crippen LogP contribution in [0.5, 0.6) is 0 Å². The van der Waals surface area contributed by atoms with Crippen LogP contribution in [0.15, 0.2) is 6.20 Å². The van der Waals surface area contributed by atoms with Gasteiger partial charge in [-0.05, 0) is 6.26 Å². The lowest BCUT2D eigenvalue weighted by molar-refractivity contribution is 0.0949. The van der Waals surface area contributed by atoms with Crippen LogP contribution in [0.4, 0.5) is 5.69 Å². The Hall–Kier alpha value is -1.34. The first-order valence-corrected chi connectivity index (χ1v) is 7.42. The summed E-state index contributed by atoms with van der Waals surface area (Å²) in [5, 5.41) is 3.20. The molecule has 0 aromatic carbocycles. The number of nitrogens with two attached hydrogens (primary N) is 1. The van der Waals surface area contributed by atoms with Gasteiger partial charge in [-0.3, -0.25) is 10.6 Å². The Bertz CT molecular complexity index is 438. The van der Waals surface area contributed by atoms with Crippen molar-refractivity contribution in [3.05, 3.63) is 17.7 Å². The molecular formula is C12H21N5OS. The first kappa shape index (κ1) is 15.7. The van der Waals surface area contributed by atoms with Gasteiger partial charge >= 0.3 is 0 Å². The van der Waals surface area contributed by atoms with E-state index in [4.69, 9.17) is 5.84 Å². The monoisotopic (exact) mass is 283 g/mol. The zero-order valence-electron chi connectivity index (χ0n) is 11.7. The number of nitrogens with one attached hydrogen (secondary N) is 2. The van der Waals surface area contributed by atoms with Crippen LogP contribution < -0.4 is 16.6 Å². The van der Waals surface area contributed by atoms with Gasteiger partial charge in [-0.2, -0.15) is 11.8 Å². The molecule has 4 N–H and O–H groups in total. The van der Waals surface area contributed by atoms with Crippen molar-refractivity contribution >= 4 is 23.4 Å². The molecule has 7 heteroatoms. The summed E-state index contributed by atoms with van der Waals surface area (Å²) in [4.78, 5) is 20.6. The molecule has 0 saturated heterocycles. The van der Waals surface area contributed by atoms with Gasteiger partial charge in [-0.1, -0.05) is 20.8 Å². The number of hydrogen-bond acceptors (Lipinski definition) is 6. The Morgan fingerprint density at radius 1 is 1.47 bits per heavy atom. The van der Waals surface area contributed by atoms with E-state index in [0.29, 0.717) is 23.3 Å². The summed E-state index contributed by atoms with van der Waals surface area (Å²) < 4.78 is 0. The highest BCUT2D eigenvalue weighted by Crippen LogP contribution is 2.15. The van der Waals surface area contributed by atoms with E-state index in [0.717, 1.165) is 0 Å². The molecule has 1 atom stereocenters. The average molecular weight is 283 g/mol. The number of nitrogen functional groups attached to an aromatic ring is 1. The summed E-state index contributed by atoms with van der Waals surface area (Å²) in [5.74, 6) is 5.93. The van der Waals surface area contributed by atoms with Crippen molar-refractivity contribution in [2.75, 3.05) is 18.2 Å². The predicted molar refractivity (Wildman–Crippen MR) is 79.2 cm³/mol. The third kappa shape index (κ3) is 4.36. The van der Waals surface area contributed by atoms with Gasteiger partial charge in [0, 0.05) is 17.7 Å². The van der Waals surface area contributed by atoms with Crippen LogP contribution in [0.25, 0.3) is 0 Å². The third-order valence-corrected chi connectivity index (χ3v) is 3.62. The zero-order valence-corrected chi connectivity index (χ0v) is 12.5. The van der Waals surface area contributed by atoms with Crippen LogP contribution in [-0.4, -0.2) is 33.9 Å². The van der Waals surface area contributed by atoms with E-state index < -0.39 is 0 Å². The summed E-state index contributed by atoms with van der Waals surface area (Å²) >= 11 is 1.69. The smallest absolute Gasteiger partial charge is 0.272 e. The van der Waals surface area contributed by atoms with Crippen molar-refractivity contribution in [3.8, 4) is 0 Å². The van der Waals surface area contributed by atoms with Crippen molar-refractivity contribution in [1.29, 1.82) is 0 Å². The van der Waals surface area contributed by atoms with Crippen LogP contribution in [0.3, 0.4) is 0 Å². The Labute approximate surface area is 117 Å². The van der Waals surface area contributed by atoms with E-state index in [-0.39, 0.29) is 17.5 Å². The van der Waals surface area contributed by atoms with Crippen LogP contribution in [0.2, 0.25) is 0 Å². The zero-order chi connectivity index (χ0) is 14.4. The quantitative estimate of drug-likeness (QED) is 0.539. The predicted octanol–water partition coefficient (Wildman–Crippen LogP) is 1.37. The SMILES string of the molecule is CSC(C)CNC(=O)c1nc(C(C)C)ncc1NN. The Kier molecular flexibility index (Phi) is 6.04. The van der Waals surface area contributed by atoms with Crippen molar-refractivity contribution in [1.82, 2.24) is 15.3 Å². The molecule has 1 aromatic rings. The third-order valence-electron chi connectivity index (χ3n) is 2.65. The largest absolute Gasteiger partial charge is 0.350 e. The normalized spacial score (nSPS) is 12.3. The maximum absolute atomic E-state index is 12.1. The first-order chi connectivity index (χ1) is 8.99. The van der Waals surface area contributed by atoms with E-state index in [1.54, 1.807) is 11.8 Å². The molecule has 1 rings (SSSR count). The molecule has 0 saturated carbocycles. The van der Waals surface area contributed by atoms with Gasteiger partial charge in [0.15, 0.2) is 5.69 Å². The number of thioether (sulfide) groups is 1. The van der Waals surface area contributed by atoms with E-state index in [1.807, 2.05) is 27.0 Å². The molecule has 1 unspecified atom stereocenters. The van der Waals surface area contributed by atoms with Gasteiger partial charge in [-0.15, -0.1) is 0 Å². The molecule has 0 aliphatic rings. The summed E-state index contributed by atoms with van der Waals surface area (Å²) in [7, 11) is 0. The maximum atomic E-state index is 12.1. The fraction of sp³-hybridized carbons (Fsp3) is 0.583. The van der Waals surface area contributed by atoms with Crippen molar-refractivity contribution in [3.63, 3.8) is 0 Å². The number of anilines is 1. The molecule has 1 amide bonds. The number of aromatic nitrogens is 2. The van der Waals surface area contributed by atoms with Gasteiger partial charge < -0.3 is 10.7 Å². The molecule has 0 fully saturated rings. The minimum absolute atomic E-state index is 0.156. The highest BCUT2D eigenvalue weighted by molar-refractivity contribution is 7.99. The molecule has 19 heavy (non-hydrogen) atoms. The molecule has 1 aromatic heterocycles. The number of amides is 1. The van der Waals surface area contributed by atoms with Crippen molar-refractivity contribution < 1.29 is 4.79 Å². The first-order valence-electron chi connectivity index (χ1n) is 6.14. The Morgan fingerprint density at radius 2 is 2.16 bits per heavy atom. The average Bonchev–Trinajstić information content (AvgIpc) is 2.43. The fourth-order valence-electron chi connectivity index (χ4n) is 1.36. The standard InChI is InChI=1S/C12H21N5OS/c1-7(2)11-14-6-9(17-13)10(16-11)12(18)15-5-8(3)19-4/h6-8,17H,5,13H2,1-4H3,(H,15,18). The second-order valence-electron chi connectivity index (χ2n) is 4.55. The lowest BCUT2D eigenvalue weighted by Gasteiger charge is -2.13. The van der Waals surface area contributed by atoms with Crippen LogP contribution in [0, 0.1) is 0 Å². The molecule has 0 aliphatic heterocycles. The number of carbonyl (C=O) groups is 1. The molecule has 0 spiro atoms. The van der Waals surface area contributed by atoms with E-state index in [1.165, 1.54) is 6.20 Å². The summed E-state index contributed by atoms with van der Waals surface area (Å²) in [5.41, 5.74) is 3.17. The summed E-state index contributed by atoms with van der Waals surface area (Å²) in [6.45, 7) is 6.59. The van der Waals surface area contributed by atoms with Gasteiger partial charge in [0.05, 0.1) is 11.9 Å². The van der Waals surface area contributed by atoms with Crippen LogP contribution in [0.1, 0.15) is 43.0 Å². The van der Waals surface area contributed by atoms with E-state index in [2.05, 4.69) is 20.7 Å². The minimum Gasteiger partial charge on any atom is -0.350 e.